The lowest BCUT2D eigenvalue weighted by atomic mass is 10.2. The normalized spacial score (nSPS) is 10.8. The third-order valence-corrected chi connectivity index (χ3v) is 5.54. The first kappa shape index (κ1) is 22.5. The van der Waals surface area contributed by atoms with Crippen LogP contribution in [0.1, 0.15) is 25.2 Å². The molecule has 0 aliphatic heterocycles. The molecule has 0 unspecified atom stereocenters. The van der Waals surface area contributed by atoms with Gasteiger partial charge in [0.15, 0.2) is 5.82 Å². The number of ether oxygens (including phenoxy) is 2. The fraction of sp³-hybridized carbons (Fsp3) is 0.318. The van der Waals surface area contributed by atoms with E-state index in [1.807, 2.05) is 67.3 Å². The number of benzene rings is 2. The molecule has 1 aromatic heterocycles. The summed E-state index contributed by atoms with van der Waals surface area (Å²) in [6.07, 6.45) is 0. The Hall–Kier alpha value is -3.20. The summed E-state index contributed by atoms with van der Waals surface area (Å²) >= 11 is 1.26. The Morgan fingerprint density at radius 3 is 2.58 bits per heavy atom. The predicted molar refractivity (Wildman–Crippen MR) is 120 cm³/mol. The minimum atomic E-state index is 0.0148. The van der Waals surface area contributed by atoms with E-state index < -0.39 is 0 Å². The highest BCUT2D eigenvalue weighted by atomic mass is 32.2. The Bertz CT molecular complexity index is 994. The van der Waals surface area contributed by atoms with Gasteiger partial charge in [-0.15, -0.1) is 10.2 Å². The number of nitrogens with two attached hydrogens (primary N) is 1. The van der Waals surface area contributed by atoms with E-state index in [-0.39, 0.29) is 24.3 Å². The van der Waals surface area contributed by atoms with E-state index in [9.17, 15) is 4.79 Å². The Morgan fingerprint density at radius 1 is 1.13 bits per heavy atom. The average molecular weight is 442 g/mol. The molecule has 0 fully saturated rings. The number of nitrogen functional groups attached to an aromatic ring is 1. The highest BCUT2D eigenvalue weighted by Crippen LogP contribution is 2.21. The molecule has 1 amide bonds. The van der Waals surface area contributed by atoms with Gasteiger partial charge in [0.05, 0.1) is 12.9 Å². The van der Waals surface area contributed by atoms with Crippen molar-refractivity contribution in [2.24, 2.45) is 0 Å². The molecule has 0 radical (unpaired) electrons. The summed E-state index contributed by atoms with van der Waals surface area (Å²) in [6.45, 7) is 4.72. The lowest BCUT2D eigenvalue weighted by Crippen LogP contribution is -2.37. The molecule has 31 heavy (non-hydrogen) atoms. The van der Waals surface area contributed by atoms with Crippen molar-refractivity contribution in [3.63, 3.8) is 0 Å². The van der Waals surface area contributed by atoms with Crippen LogP contribution in [0.5, 0.6) is 11.5 Å². The SMILES string of the molecule is COc1cccc(OCc2nnc(SCC(=O)N(Cc3ccccc3)C(C)C)n2N)c1. The number of thioether (sulfide) groups is 1. The van der Waals surface area contributed by atoms with Gasteiger partial charge >= 0.3 is 0 Å². The molecular weight excluding hydrogens is 414 g/mol. The van der Waals surface area contributed by atoms with E-state index in [0.717, 1.165) is 5.56 Å². The maximum absolute atomic E-state index is 12.8. The van der Waals surface area contributed by atoms with Crippen LogP contribution in [-0.2, 0) is 17.9 Å². The van der Waals surface area contributed by atoms with Crippen LogP contribution in [0.25, 0.3) is 0 Å². The van der Waals surface area contributed by atoms with Gasteiger partial charge in [-0.3, -0.25) is 4.79 Å². The van der Waals surface area contributed by atoms with E-state index in [4.69, 9.17) is 15.3 Å². The maximum atomic E-state index is 12.8. The van der Waals surface area contributed by atoms with Crippen LogP contribution in [0.4, 0.5) is 0 Å². The van der Waals surface area contributed by atoms with Crippen molar-refractivity contribution >= 4 is 17.7 Å². The predicted octanol–water partition coefficient (Wildman–Crippen LogP) is 3.11. The number of hydrogen-bond donors (Lipinski definition) is 1. The number of nitrogens with zero attached hydrogens (tertiary/aromatic N) is 4. The van der Waals surface area contributed by atoms with Crippen LogP contribution >= 0.6 is 11.8 Å². The third kappa shape index (κ3) is 6.14. The van der Waals surface area contributed by atoms with Gasteiger partial charge in [0.1, 0.15) is 18.1 Å². The Kier molecular flexibility index (Phi) is 7.77. The maximum Gasteiger partial charge on any atom is 0.233 e. The number of hydrogen-bond acceptors (Lipinski definition) is 7. The van der Waals surface area contributed by atoms with Gasteiger partial charge in [-0.2, -0.15) is 0 Å². The van der Waals surface area contributed by atoms with Crippen molar-refractivity contribution in [2.45, 2.75) is 38.2 Å². The summed E-state index contributed by atoms with van der Waals surface area (Å²) in [5.41, 5.74) is 1.09. The van der Waals surface area contributed by atoms with E-state index in [1.165, 1.54) is 16.4 Å². The minimum absolute atomic E-state index is 0.0148. The molecule has 3 aromatic rings. The highest BCUT2D eigenvalue weighted by Gasteiger charge is 2.19. The molecule has 0 aliphatic rings. The Balaban J connectivity index is 1.57. The van der Waals surface area contributed by atoms with Crippen molar-refractivity contribution in [1.82, 2.24) is 19.8 Å². The van der Waals surface area contributed by atoms with Crippen LogP contribution in [0.2, 0.25) is 0 Å². The topological polar surface area (TPSA) is 95.5 Å². The third-order valence-electron chi connectivity index (χ3n) is 4.61. The lowest BCUT2D eigenvalue weighted by molar-refractivity contribution is -0.130. The van der Waals surface area contributed by atoms with Crippen molar-refractivity contribution in [2.75, 3.05) is 18.7 Å². The summed E-state index contributed by atoms with van der Waals surface area (Å²) in [4.78, 5) is 14.7. The number of aromatic nitrogens is 3. The largest absolute Gasteiger partial charge is 0.497 e. The van der Waals surface area contributed by atoms with Crippen LogP contribution in [-0.4, -0.2) is 44.6 Å². The number of amides is 1. The molecule has 0 saturated carbocycles. The zero-order valence-electron chi connectivity index (χ0n) is 17.9. The molecule has 9 heteroatoms. The van der Waals surface area contributed by atoms with Crippen molar-refractivity contribution in [3.05, 3.63) is 66.0 Å². The lowest BCUT2D eigenvalue weighted by Gasteiger charge is -2.26. The fourth-order valence-corrected chi connectivity index (χ4v) is 3.65. The summed E-state index contributed by atoms with van der Waals surface area (Å²) in [5, 5.41) is 8.64. The van der Waals surface area contributed by atoms with E-state index in [2.05, 4.69) is 10.2 Å². The van der Waals surface area contributed by atoms with Crippen LogP contribution < -0.4 is 15.3 Å². The fourth-order valence-electron chi connectivity index (χ4n) is 2.89. The molecule has 0 atom stereocenters. The summed E-state index contributed by atoms with van der Waals surface area (Å²) < 4.78 is 12.3. The first-order chi connectivity index (χ1) is 15.0. The van der Waals surface area contributed by atoms with Gasteiger partial charge in [-0.05, 0) is 31.5 Å². The molecule has 2 aromatic carbocycles. The van der Waals surface area contributed by atoms with E-state index in [0.29, 0.717) is 29.0 Å². The van der Waals surface area contributed by atoms with Gasteiger partial charge in [0.25, 0.3) is 0 Å². The van der Waals surface area contributed by atoms with E-state index in [1.54, 1.807) is 13.2 Å². The second-order valence-corrected chi connectivity index (χ2v) is 8.07. The number of carbonyl (C=O) groups is 1. The first-order valence-electron chi connectivity index (χ1n) is 9.90. The van der Waals surface area contributed by atoms with E-state index >= 15 is 0 Å². The number of methoxy groups -OCH3 is 1. The van der Waals surface area contributed by atoms with Gasteiger partial charge in [0, 0.05) is 18.7 Å². The molecule has 0 spiro atoms. The molecule has 8 nitrogen and oxygen atoms in total. The number of rotatable bonds is 10. The van der Waals surface area contributed by atoms with Crippen LogP contribution in [0, 0.1) is 0 Å². The van der Waals surface area contributed by atoms with Crippen molar-refractivity contribution in [3.8, 4) is 11.5 Å². The van der Waals surface area contributed by atoms with Crippen LogP contribution in [0.3, 0.4) is 0 Å². The molecule has 0 aliphatic carbocycles. The van der Waals surface area contributed by atoms with Crippen LogP contribution in [0.15, 0.2) is 59.8 Å². The second kappa shape index (κ2) is 10.7. The molecule has 3 rings (SSSR count). The van der Waals surface area contributed by atoms with Gasteiger partial charge < -0.3 is 20.2 Å². The average Bonchev–Trinajstić information content (AvgIpc) is 3.14. The van der Waals surface area contributed by atoms with Gasteiger partial charge in [0.2, 0.25) is 11.1 Å². The minimum Gasteiger partial charge on any atom is -0.497 e. The molecular formula is C22H27N5O3S. The molecule has 1 heterocycles. The van der Waals surface area contributed by atoms with Crippen molar-refractivity contribution < 1.29 is 14.3 Å². The Labute approximate surface area is 186 Å². The molecule has 164 valence electrons. The molecule has 0 bridgehead atoms. The monoisotopic (exact) mass is 441 g/mol. The Morgan fingerprint density at radius 2 is 1.87 bits per heavy atom. The quantitative estimate of drug-likeness (QED) is 0.381. The second-order valence-electron chi connectivity index (χ2n) is 7.13. The summed E-state index contributed by atoms with van der Waals surface area (Å²) in [6, 6.07) is 17.3. The zero-order chi connectivity index (χ0) is 22.2. The summed E-state index contributed by atoms with van der Waals surface area (Å²) in [5.74, 6) is 8.15. The summed E-state index contributed by atoms with van der Waals surface area (Å²) in [7, 11) is 1.60. The number of carbonyl (C=O) groups excluding carboxylic acids is 1. The highest BCUT2D eigenvalue weighted by molar-refractivity contribution is 7.99. The van der Waals surface area contributed by atoms with Gasteiger partial charge in [-0.1, -0.05) is 48.2 Å². The molecule has 0 saturated heterocycles. The zero-order valence-corrected chi connectivity index (χ0v) is 18.7. The molecule has 2 N–H and O–H groups in total. The standard InChI is InChI=1S/C22H27N5O3S/c1-16(2)26(13-17-8-5-4-6-9-17)21(28)15-31-22-25-24-20(27(22)23)14-30-19-11-7-10-18(12-19)29-3/h4-12,16H,13-15,23H2,1-3H3. The van der Waals surface area contributed by atoms with Gasteiger partial charge in [-0.25, -0.2) is 4.68 Å². The first-order valence-corrected chi connectivity index (χ1v) is 10.9. The smallest absolute Gasteiger partial charge is 0.233 e. The van der Waals surface area contributed by atoms with Crippen molar-refractivity contribution in [1.29, 1.82) is 0 Å².